The van der Waals surface area contributed by atoms with Crippen molar-refractivity contribution >= 4 is 11.8 Å². The minimum Gasteiger partial charge on any atom is -0.368 e. The quantitative estimate of drug-likeness (QED) is 0.900. The van der Waals surface area contributed by atoms with Gasteiger partial charge in [0.05, 0.1) is 0 Å². The number of nitrogens with two attached hydrogens (primary N) is 1. The van der Waals surface area contributed by atoms with Crippen molar-refractivity contribution < 1.29 is 14.0 Å². The van der Waals surface area contributed by atoms with Gasteiger partial charge < -0.3 is 10.6 Å². The van der Waals surface area contributed by atoms with Crippen LogP contribution in [0.5, 0.6) is 0 Å². The standard InChI is InChI=1S/C15H20FN3O2/c1-11(20)18-7-2-8-19(10-9-18)14(15(17)21)12-3-5-13(16)6-4-12/h3-6,14H,2,7-10H2,1H3,(H2,17,21)/t14-/m0/s1. The molecule has 5 nitrogen and oxygen atoms in total. The van der Waals surface area contributed by atoms with Crippen molar-refractivity contribution in [2.24, 2.45) is 5.73 Å². The van der Waals surface area contributed by atoms with Gasteiger partial charge in [-0.3, -0.25) is 14.5 Å². The van der Waals surface area contributed by atoms with Gasteiger partial charge in [-0.2, -0.15) is 0 Å². The molecule has 1 aliphatic heterocycles. The predicted octanol–water partition coefficient (Wildman–Crippen LogP) is 0.906. The van der Waals surface area contributed by atoms with E-state index in [1.54, 1.807) is 24.0 Å². The highest BCUT2D eigenvalue weighted by Gasteiger charge is 2.28. The molecule has 1 aromatic carbocycles. The lowest BCUT2D eigenvalue weighted by Crippen LogP contribution is -2.40. The highest BCUT2D eigenvalue weighted by atomic mass is 19.1. The SMILES string of the molecule is CC(=O)N1CCCN([C@H](C(N)=O)c2ccc(F)cc2)CC1. The summed E-state index contributed by atoms with van der Waals surface area (Å²) in [4.78, 5) is 27.0. The first-order chi connectivity index (χ1) is 9.99. The molecule has 1 atom stereocenters. The molecular formula is C15H20FN3O2. The number of hydrogen-bond acceptors (Lipinski definition) is 3. The lowest BCUT2D eigenvalue weighted by molar-refractivity contribution is -0.128. The molecule has 1 aromatic rings. The van der Waals surface area contributed by atoms with Crippen molar-refractivity contribution in [2.75, 3.05) is 26.2 Å². The first-order valence-electron chi connectivity index (χ1n) is 7.03. The zero-order valence-electron chi connectivity index (χ0n) is 12.1. The number of halogens is 1. The van der Waals surface area contributed by atoms with Gasteiger partial charge in [-0.1, -0.05) is 12.1 Å². The Morgan fingerprint density at radius 1 is 1.14 bits per heavy atom. The molecule has 0 saturated carbocycles. The van der Waals surface area contributed by atoms with E-state index in [2.05, 4.69) is 0 Å². The van der Waals surface area contributed by atoms with Crippen LogP contribution in [0.25, 0.3) is 0 Å². The maximum absolute atomic E-state index is 13.0. The van der Waals surface area contributed by atoms with Crippen molar-refractivity contribution in [1.82, 2.24) is 9.80 Å². The van der Waals surface area contributed by atoms with Crippen LogP contribution < -0.4 is 5.73 Å². The summed E-state index contributed by atoms with van der Waals surface area (Å²) in [5, 5.41) is 0. The third-order valence-electron chi connectivity index (χ3n) is 3.80. The monoisotopic (exact) mass is 293 g/mol. The van der Waals surface area contributed by atoms with Gasteiger partial charge >= 0.3 is 0 Å². The topological polar surface area (TPSA) is 66.6 Å². The van der Waals surface area contributed by atoms with Crippen molar-refractivity contribution in [2.45, 2.75) is 19.4 Å². The Balaban J connectivity index is 2.17. The lowest BCUT2D eigenvalue weighted by Gasteiger charge is -2.28. The van der Waals surface area contributed by atoms with Crippen molar-refractivity contribution in [3.05, 3.63) is 35.6 Å². The second-order valence-corrected chi connectivity index (χ2v) is 5.25. The Morgan fingerprint density at radius 3 is 2.38 bits per heavy atom. The highest BCUT2D eigenvalue weighted by molar-refractivity contribution is 5.81. The van der Waals surface area contributed by atoms with E-state index in [9.17, 15) is 14.0 Å². The molecule has 0 spiro atoms. The maximum Gasteiger partial charge on any atom is 0.239 e. The molecule has 6 heteroatoms. The van der Waals surface area contributed by atoms with Crippen LogP contribution in [-0.4, -0.2) is 47.8 Å². The summed E-state index contributed by atoms with van der Waals surface area (Å²) in [5.41, 5.74) is 6.21. The summed E-state index contributed by atoms with van der Waals surface area (Å²) < 4.78 is 13.0. The molecule has 0 aliphatic carbocycles. The molecule has 2 N–H and O–H groups in total. The van der Waals surface area contributed by atoms with Gasteiger partial charge in [0, 0.05) is 33.1 Å². The number of carbonyl (C=O) groups is 2. The Labute approximate surface area is 123 Å². The van der Waals surface area contributed by atoms with Gasteiger partial charge in [0.1, 0.15) is 11.9 Å². The molecule has 1 fully saturated rings. The molecule has 0 unspecified atom stereocenters. The average molecular weight is 293 g/mol. The van der Waals surface area contributed by atoms with Crippen LogP contribution in [0.2, 0.25) is 0 Å². The smallest absolute Gasteiger partial charge is 0.239 e. The number of carbonyl (C=O) groups excluding carboxylic acids is 2. The third kappa shape index (κ3) is 3.78. The molecule has 0 bridgehead atoms. The van der Waals surface area contributed by atoms with Crippen LogP contribution in [0.3, 0.4) is 0 Å². The number of primary amides is 1. The van der Waals surface area contributed by atoms with Gasteiger partial charge in [0.15, 0.2) is 0 Å². The summed E-state index contributed by atoms with van der Waals surface area (Å²) in [5.74, 6) is -0.771. The minimum atomic E-state index is -0.586. The van der Waals surface area contributed by atoms with Gasteiger partial charge in [-0.05, 0) is 24.1 Å². The van der Waals surface area contributed by atoms with Crippen LogP contribution in [-0.2, 0) is 9.59 Å². The Bertz CT molecular complexity index is 518. The van der Waals surface area contributed by atoms with E-state index in [-0.39, 0.29) is 11.7 Å². The van der Waals surface area contributed by atoms with Crippen molar-refractivity contribution in [1.29, 1.82) is 0 Å². The molecule has 114 valence electrons. The normalized spacial score (nSPS) is 18.1. The van der Waals surface area contributed by atoms with Crippen LogP contribution in [0.15, 0.2) is 24.3 Å². The molecule has 1 aliphatic rings. The predicted molar refractivity (Wildman–Crippen MR) is 76.8 cm³/mol. The second kappa shape index (κ2) is 6.67. The van der Waals surface area contributed by atoms with E-state index in [1.807, 2.05) is 4.90 Å². The largest absolute Gasteiger partial charge is 0.368 e. The summed E-state index contributed by atoms with van der Waals surface area (Å²) in [7, 11) is 0. The zero-order valence-corrected chi connectivity index (χ0v) is 12.1. The first kappa shape index (κ1) is 15.4. The molecular weight excluding hydrogens is 273 g/mol. The van der Waals surface area contributed by atoms with E-state index < -0.39 is 11.9 Å². The van der Waals surface area contributed by atoms with E-state index in [4.69, 9.17) is 5.73 Å². The lowest BCUT2D eigenvalue weighted by atomic mass is 10.0. The summed E-state index contributed by atoms with van der Waals surface area (Å²) in [6, 6.07) is 5.23. The molecule has 0 aromatic heterocycles. The fraction of sp³-hybridized carbons (Fsp3) is 0.467. The van der Waals surface area contributed by atoms with Gasteiger partial charge in [-0.15, -0.1) is 0 Å². The second-order valence-electron chi connectivity index (χ2n) is 5.25. The molecule has 1 saturated heterocycles. The Kier molecular flexibility index (Phi) is 4.90. The minimum absolute atomic E-state index is 0.0363. The van der Waals surface area contributed by atoms with Gasteiger partial charge in [0.25, 0.3) is 0 Å². The first-order valence-corrected chi connectivity index (χ1v) is 7.03. The van der Waals surface area contributed by atoms with E-state index >= 15 is 0 Å². The molecule has 0 radical (unpaired) electrons. The number of rotatable bonds is 3. The molecule has 1 heterocycles. The van der Waals surface area contributed by atoms with Gasteiger partial charge in [-0.25, -0.2) is 4.39 Å². The summed E-state index contributed by atoms with van der Waals surface area (Å²) in [6.45, 7) is 4.04. The van der Waals surface area contributed by atoms with Crippen LogP contribution in [0, 0.1) is 5.82 Å². The summed E-state index contributed by atoms with van der Waals surface area (Å²) in [6.07, 6.45) is 0.782. The number of nitrogens with zero attached hydrogens (tertiary/aromatic N) is 2. The van der Waals surface area contributed by atoms with Crippen LogP contribution >= 0.6 is 0 Å². The zero-order chi connectivity index (χ0) is 15.4. The molecule has 2 rings (SSSR count). The highest BCUT2D eigenvalue weighted by Crippen LogP contribution is 2.22. The number of amides is 2. The van der Waals surface area contributed by atoms with Crippen molar-refractivity contribution in [3.63, 3.8) is 0 Å². The van der Waals surface area contributed by atoms with Gasteiger partial charge in [0.2, 0.25) is 11.8 Å². The maximum atomic E-state index is 13.0. The fourth-order valence-corrected chi connectivity index (χ4v) is 2.71. The van der Waals surface area contributed by atoms with E-state index in [0.717, 1.165) is 6.42 Å². The van der Waals surface area contributed by atoms with E-state index in [0.29, 0.717) is 31.7 Å². The number of benzene rings is 1. The Hall–Kier alpha value is -1.95. The average Bonchev–Trinajstić information content (AvgIpc) is 2.67. The fourth-order valence-electron chi connectivity index (χ4n) is 2.71. The van der Waals surface area contributed by atoms with E-state index in [1.165, 1.54) is 12.1 Å². The van der Waals surface area contributed by atoms with Crippen molar-refractivity contribution in [3.8, 4) is 0 Å². The summed E-state index contributed by atoms with van der Waals surface area (Å²) >= 11 is 0. The number of hydrogen-bond donors (Lipinski definition) is 1. The molecule has 2 amide bonds. The Morgan fingerprint density at radius 2 is 1.81 bits per heavy atom. The molecule has 21 heavy (non-hydrogen) atoms. The third-order valence-corrected chi connectivity index (χ3v) is 3.80. The van der Waals surface area contributed by atoms with Crippen LogP contribution in [0.4, 0.5) is 4.39 Å². The van der Waals surface area contributed by atoms with Crippen LogP contribution in [0.1, 0.15) is 24.9 Å².